The van der Waals surface area contributed by atoms with Crippen molar-refractivity contribution in [1.82, 2.24) is 9.88 Å². The Kier molecular flexibility index (Phi) is 5.20. The molecular formula is C18H18F2N2O4. The number of hydrogen-bond acceptors (Lipinski definition) is 4. The maximum atomic E-state index is 12.8. The van der Waals surface area contributed by atoms with Gasteiger partial charge in [-0.1, -0.05) is 6.07 Å². The number of halogens is 2. The first kappa shape index (κ1) is 17.9. The van der Waals surface area contributed by atoms with Crippen LogP contribution in [0.25, 0.3) is 0 Å². The standard InChI is InChI=1S/C18H18F2N2O4/c1-25-15-9-11(4-7-14(15)26-18(19)20)10-22(12-5-6-12)17(24)13-3-2-8-21-16(13)23/h2-4,7-9,12,18H,5-6,10H2,1H3,(H,21,23). The van der Waals surface area contributed by atoms with E-state index in [9.17, 15) is 18.4 Å². The second-order valence-corrected chi connectivity index (χ2v) is 5.94. The Labute approximate surface area is 148 Å². The molecule has 0 bridgehead atoms. The van der Waals surface area contributed by atoms with Crippen molar-refractivity contribution in [2.75, 3.05) is 7.11 Å². The van der Waals surface area contributed by atoms with Crippen molar-refractivity contribution < 1.29 is 23.0 Å². The number of nitrogens with one attached hydrogen (secondary N) is 1. The summed E-state index contributed by atoms with van der Waals surface area (Å²) in [6, 6.07) is 7.67. The summed E-state index contributed by atoms with van der Waals surface area (Å²) >= 11 is 0. The molecule has 1 aliphatic rings. The summed E-state index contributed by atoms with van der Waals surface area (Å²) in [4.78, 5) is 28.8. The first-order valence-corrected chi connectivity index (χ1v) is 8.10. The van der Waals surface area contributed by atoms with E-state index in [4.69, 9.17) is 4.74 Å². The lowest BCUT2D eigenvalue weighted by Gasteiger charge is -2.23. The highest BCUT2D eigenvalue weighted by molar-refractivity contribution is 5.94. The van der Waals surface area contributed by atoms with Gasteiger partial charge >= 0.3 is 6.61 Å². The van der Waals surface area contributed by atoms with E-state index in [1.165, 1.54) is 25.4 Å². The molecule has 0 radical (unpaired) electrons. The summed E-state index contributed by atoms with van der Waals surface area (Å²) in [7, 11) is 1.35. The van der Waals surface area contributed by atoms with Crippen LogP contribution < -0.4 is 15.0 Å². The van der Waals surface area contributed by atoms with Crippen LogP contribution in [0, 0.1) is 0 Å². The highest BCUT2D eigenvalue weighted by atomic mass is 19.3. The number of ether oxygens (including phenoxy) is 2. The van der Waals surface area contributed by atoms with Gasteiger partial charge < -0.3 is 19.4 Å². The molecule has 0 aliphatic heterocycles. The smallest absolute Gasteiger partial charge is 0.387 e. The predicted octanol–water partition coefficient (Wildman–Crippen LogP) is 2.79. The van der Waals surface area contributed by atoms with Crippen molar-refractivity contribution in [3.8, 4) is 11.5 Å². The molecule has 1 heterocycles. The largest absolute Gasteiger partial charge is 0.493 e. The van der Waals surface area contributed by atoms with Gasteiger partial charge in [-0.2, -0.15) is 8.78 Å². The molecule has 0 spiro atoms. The topological polar surface area (TPSA) is 71.6 Å². The number of alkyl halides is 2. The summed E-state index contributed by atoms with van der Waals surface area (Å²) in [5, 5.41) is 0. The van der Waals surface area contributed by atoms with E-state index in [-0.39, 0.29) is 35.6 Å². The number of carbonyl (C=O) groups excluding carboxylic acids is 1. The Morgan fingerprint density at radius 2 is 2.08 bits per heavy atom. The first-order chi connectivity index (χ1) is 12.5. The normalized spacial score (nSPS) is 13.5. The van der Waals surface area contributed by atoms with E-state index in [0.717, 1.165) is 12.8 Å². The molecule has 1 aromatic heterocycles. The van der Waals surface area contributed by atoms with Gasteiger partial charge in [0.25, 0.3) is 11.5 Å². The molecule has 0 unspecified atom stereocenters. The van der Waals surface area contributed by atoms with Gasteiger partial charge in [0, 0.05) is 18.8 Å². The van der Waals surface area contributed by atoms with Gasteiger partial charge in [-0.25, -0.2) is 0 Å². The zero-order valence-corrected chi connectivity index (χ0v) is 14.1. The molecule has 1 fully saturated rings. The number of methoxy groups -OCH3 is 1. The number of aromatic amines is 1. The van der Waals surface area contributed by atoms with Crippen LogP contribution in [0.3, 0.4) is 0 Å². The minimum absolute atomic E-state index is 0.0603. The fraction of sp³-hybridized carbons (Fsp3) is 0.333. The molecule has 6 nitrogen and oxygen atoms in total. The fourth-order valence-corrected chi connectivity index (χ4v) is 2.70. The monoisotopic (exact) mass is 364 g/mol. The highest BCUT2D eigenvalue weighted by Crippen LogP contribution is 2.33. The van der Waals surface area contributed by atoms with Crippen molar-refractivity contribution in [3.05, 3.63) is 58.0 Å². The van der Waals surface area contributed by atoms with E-state index >= 15 is 0 Å². The van der Waals surface area contributed by atoms with Crippen molar-refractivity contribution in [2.24, 2.45) is 0 Å². The number of benzene rings is 1. The molecule has 0 atom stereocenters. The predicted molar refractivity (Wildman–Crippen MR) is 89.6 cm³/mol. The Hall–Kier alpha value is -2.90. The van der Waals surface area contributed by atoms with Crippen LogP contribution in [-0.2, 0) is 6.54 Å². The van der Waals surface area contributed by atoms with Crippen LogP contribution in [0.15, 0.2) is 41.3 Å². The minimum atomic E-state index is -2.95. The summed E-state index contributed by atoms with van der Waals surface area (Å²) in [6.45, 7) is -2.72. The second kappa shape index (κ2) is 7.55. The molecular weight excluding hydrogens is 346 g/mol. The molecule has 138 valence electrons. The maximum Gasteiger partial charge on any atom is 0.387 e. The minimum Gasteiger partial charge on any atom is -0.493 e. The van der Waals surface area contributed by atoms with Crippen LogP contribution in [-0.4, -0.2) is 35.6 Å². The number of nitrogens with zero attached hydrogens (tertiary/aromatic N) is 1. The molecule has 2 aromatic rings. The van der Waals surface area contributed by atoms with Crippen molar-refractivity contribution >= 4 is 5.91 Å². The SMILES string of the molecule is COc1cc(CN(C(=O)c2ccc[nH]c2=O)C2CC2)ccc1OC(F)F. The molecule has 1 saturated carbocycles. The number of carbonyl (C=O) groups is 1. The average molecular weight is 364 g/mol. The van der Waals surface area contributed by atoms with Crippen LogP contribution in [0.1, 0.15) is 28.8 Å². The average Bonchev–Trinajstić information content (AvgIpc) is 3.45. The van der Waals surface area contributed by atoms with E-state index in [2.05, 4.69) is 9.72 Å². The Bertz CT molecular complexity index is 849. The van der Waals surface area contributed by atoms with Gasteiger partial charge in [0.05, 0.1) is 7.11 Å². The summed E-state index contributed by atoms with van der Waals surface area (Å²) in [6.07, 6.45) is 3.19. The lowest BCUT2D eigenvalue weighted by molar-refractivity contribution is -0.0512. The molecule has 1 N–H and O–H groups in total. The molecule has 1 aliphatic carbocycles. The Morgan fingerprint density at radius 3 is 2.69 bits per heavy atom. The zero-order valence-electron chi connectivity index (χ0n) is 14.1. The number of aromatic nitrogens is 1. The van der Waals surface area contributed by atoms with Crippen LogP contribution >= 0.6 is 0 Å². The fourth-order valence-electron chi connectivity index (χ4n) is 2.70. The lowest BCUT2D eigenvalue weighted by atomic mass is 10.1. The van der Waals surface area contributed by atoms with E-state index < -0.39 is 12.2 Å². The van der Waals surface area contributed by atoms with Gasteiger partial charge in [0.15, 0.2) is 11.5 Å². The van der Waals surface area contributed by atoms with Crippen molar-refractivity contribution in [1.29, 1.82) is 0 Å². The second-order valence-electron chi connectivity index (χ2n) is 5.94. The number of pyridine rings is 1. The van der Waals surface area contributed by atoms with Gasteiger partial charge in [0.1, 0.15) is 5.56 Å². The van der Waals surface area contributed by atoms with Gasteiger partial charge in [-0.3, -0.25) is 9.59 Å². The zero-order chi connectivity index (χ0) is 18.7. The molecule has 3 rings (SSSR count). The van der Waals surface area contributed by atoms with Gasteiger partial charge in [0.2, 0.25) is 0 Å². The number of amides is 1. The molecule has 1 aromatic carbocycles. The Morgan fingerprint density at radius 1 is 1.31 bits per heavy atom. The molecule has 8 heteroatoms. The van der Waals surface area contributed by atoms with E-state index in [0.29, 0.717) is 5.56 Å². The number of H-pyrrole nitrogens is 1. The third kappa shape index (κ3) is 4.01. The first-order valence-electron chi connectivity index (χ1n) is 8.10. The number of rotatable bonds is 7. The van der Waals surface area contributed by atoms with E-state index in [1.54, 1.807) is 23.1 Å². The quantitative estimate of drug-likeness (QED) is 0.820. The van der Waals surface area contributed by atoms with Crippen LogP contribution in [0.2, 0.25) is 0 Å². The molecule has 1 amide bonds. The summed E-state index contributed by atoms with van der Waals surface area (Å²) in [5.74, 6) is -0.278. The summed E-state index contributed by atoms with van der Waals surface area (Å²) < 4.78 is 34.4. The van der Waals surface area contributed by atoms with Gasteiger partial charge in [-0.05, 0) is 42.7 Å². The Balaban J connectivity index is 1.84. The maximum absolute atomic E-state index is 12.8. The van der Waals surface area contributed by atoms with E-state index in [1.807, 2.05) is 0 Å². The van der Waals surface area contributed by atoms with Crippen LogP contribution in [0.4, 0.5) is 8.78 Å². The van der Waals surface area contributed by atoms with Gasteiger partial charge in [-0.15, -0.1) is 0 Å². The number of hydrogen-bond donors (Lipinski definition) is 1. The summed E-state index contributed by atoms with van der Waals surface area (Å²) in [5.41, 5.74) is 0.321. The van der Waals surface area contributed by atoms with Crippen LogP contribution in [0.5, 0.6) is 11.5 Å². The van der Waals surface area contributed by atoms with Crippen molar-refractivity contribution in [3.63, 3.8) is 0 Å². The third-order valence-corrected chi connectivity index (χ3v) is 4.09. The highest BCUT2D eigenvalue weighted by Gasteiger charge is 2.34. The third-order valence-electron chi connectivity index (χ3n) is 4.09. The lowest BCUT2D eigenvalue weighted by Crippen LogP contribution is -2.35. The van der Waals surface area contributed by atoms with Crippen molar-refractivity contribution in [2.45, 2.75) is 32.0 Å². The molecule has 0 saturated heterocycles. The molecule has 26 heavy (non-hydrogen) atoms.